The Balaban J connectivity index is 1.89. The van der Waals surface area contributed by atoms with Crippen molar-refractivity contribution in [2.45, 2.75) is 32.1 Å². The first kappa shape index (κ1) is 12.8. The molecule has 1 aliphatic carbocycles. The van der Waals surface area contributed by atoms with E-state index in [2.05, 4.69) is 10.3 Å². The molecule has 1 N–H and O–H groups in total. The lowest BCUT2D eigenvalue weighted by atomic mass is 9.75. The molecule has 1 heterocycles. The summed E-state index contributed by atoms with van der Waals surface area (Å²) >= 11 is 7.52. The van der Waals surface area contributed by atoms with Gasteiger partial charge in [0.1, 0.15) is 5.69 Å². The number of rotatable bonds is 4. The smallest absolute Gasteiger partial charge is 0.270 e. The van der Waals surface area contributed by atoms with Crippen molar-refractivity contribution < 1.29 is 4.79 Å². The third-order valence-electron chi connectivity index (χ3n) is 3.49. The van der Waals surface area contributed by atoms with Crippen LogP contribution in [0.3, 0.4) is 0 Å². The van der Waals surface area contributed by atoms with Crippen molar-refractivity contribution in [3.05, 3.63) is 16.6 Å². The summed E-state index contributed by atoms with van der Waals surface area (Å²) in [5.74, 6) is 0.547. The highest BCUT2D eigenvalue weighted by atomic mass is 35.5. The molecular weight excluding hydrogens is 256 g/mol. The standard InChI is InChI=1S/C12H17ClN2OS/c13-7-12(4-2-1-3-5-12)8-14-11(16)10-6-17-9-15-10/h6,9H,1-5,7-8H2,(H,14,16). The van der Waals surface area contributed by atoms with Crippen LogP contribution >= 0.6 is 22.9 Å². The third-order valence-corrected chi connectivity index (χ3v) is 4.64. The van der Waals surface area contributed by atoms with Crippen LogP contribution in [0, 0.1) is 5.41 Å². The van der Waals surface area contributed by atoms with E-state index in [1.54, 1.807) is 10.9 Å². The maximum atomic E-state index is 11.8. The van der Waals surface area contributed by atoms with Gasteiger partial charge in [0.25, 0.3) is 5.91 Å². The fraction of sp³-hybridized carbons (Fsp3) is 0.667. The second-order valence-corrected chi connectivity index (χ2v) is 5.74. The third kappa shape index (κ3) is 3.19. The maximum absolute atomic E-state index is 11.8. The number of carbonyl (C=O) groups is 1. The number of hydrogen-bond donors (Lipinski definition) is 1. The van der Waals surface area contributed by atoms with E-state index < -0.39 is 0 Å². The predicted octanol–water partition coefficient (Wildman–Crippen LogP) is 3.06. The molecule has 0 atom stereocenters. The Morgan fingerprint density at radius 3 is 2.82 bits per heavy atom. The number of carbonyl (C=O) groups excluding carboxylic acids is 1. The average molecular weight is 273 g/mol. The molecule has 1 aromatic rings. The molecule has 2 rings (SSSR count). The normalized spacial score (nSPS) is 18.9. The summed E-state index contributed by atoms with van der Waals surface area (Å²) in [6.07, 6.45) is 5.97. The van der Waals surface area contributed by atoms with E-state index in [1.807, 2.05) is 0 Å². The largest absolute Gasteiger partial charge is 0.350 e. The molecule has 0 aromatic carbocycles. The van der Waals surface area contributed by atoms with Crippen LogP contribution in [0.15, 0.2) is 10.9 Å². The van der Waals surface area contributed by atoms with Crippen LogP contribution in [0.25, 0.3) is 0 Å². The summed E-state index contributed by atoms with van der Waals surface area (Å²) < 4.78 is 0. The van der Waals surface area contributed by atoms with E-state index in [9.17, 15) is 4.79 Å². The number of halogens is 1. The molecule has 1 aliphatic rings. The van der Waals surface area contributed by atoms with Crippen molar-refractivity contribution >= 4 is 28.8 Å². The van der Waals surface area contributed by atoms with Gasteiger partial charge in [0.15, 0.2) is 0 Å². The minimum absolute atomic E-state index is 0.0821. The van der Waals surface area contributed by atoms with Gasteiger partial charge >= 0.3 is 0 Å². The van der Waals surface area contributed by atoms with E-state index in [1.165, 1.54) is 30.6 Å². The zero-order valence-corrected chi connectivity index (χ0v) is 11.3. The molecule has 0 unspecified atom stereocenters. The highest BCUT2D eigenvalue weighted by molar-refractivity contribution is 7.07. The molecule has 0 spiro atoms. The average Bonchev–Trinajstić information content (AvgIpc) is 2.91. The Hall–Kier alpha value is -0.610. The number of nitrogens with one attached hydrogen (secondary N) is 1. The molecule has 3 nitrogen and oxygen atoms in total. The maximum Gasteiger partial charge on any atom is 0.270 e. The fourth-order valence-electron chi connectivity index (χ4n) is 2.34. The van der Waals surface area contributed by atoms with Gasteiger partial charge in [-0.05, 0) is 12.8 Å². The second kappa shape index (κ2) is 5.83. The summed E-state index contributed by atoms with van der Waals surface area (Å²) in [6, 6.07) is 0. The molecular formula is C12H17ClN2OS. The zero-order valence-electron chi connectivity index (χ0n) is 9.75. The Labute approximate surface area is 111 Å². The molecule has 0 saturated heterocycles. The first-order valence-corrected chi connectivity index (χ1v) is 7.46. The van der Waals surface area contributed by atoms with Crippen molar-refractivity contribution in [2.75, 3.05) is 12.4 Å². The van der Waals surface area contributed by atoms with Crippen molar-refractivity contribution in [3.63, 3.8) is 0 Å². The van der Waals surface area contributed by atoms with Crippen molar-refractivity contribution in [1.29, 1.82) is 0 Å². The molecule has 5 heteroatoms. The summed E-state index contributed by atoms with van der Waals surface area (Å²) in [4.78, 5) is 15.8. The van der Waals surface area contributed by atoms with Gasteiger partial charge in [-0.2, -0.15) is 0 Å². The van der Waals surface area contributed by atoms with E-state index in [-0.39, 0.29) is 11.3 Å². The van der Waals surface area contributed by atoms with E-state index >= 15 is 0 Å². The Morgan fingerprint density at radius 1 is 1.47 bits per heavy atom. The lowest BCUT2D eigenvalue weighted by Crippen LogP contribution is -2.40. The van der Waals surface area contributed by atoms with Gasteiger partial charge in [0, 0.05) is 23.2 Å². The van der Waals surface area contributed by atoms with Crippen molar-refractivity contribution in [1.82, 2.24) is 10.3 Å². The summed E-state index contributed by atoms with van der Waals surface area (Å²) in [7, 11) is 0. The van der Waals surface area contributed by atoms with Crippen molar-refractivity contribution in [2.24, 2.45) is 5.41 Å². The molecule has 1 aromatic heterocycles. The molecule has 1 fully saturated rings. The molecule has 0 radical (unpaired) electrons. The number of hydrogen-bond acceptors (Lipinski definition) is 3. The van der Waals surface area contributed by atoms with Gasteiger partial charge in [-0.25, -0.2) is 4.98 Å². The first-order valence-electron chi connectivity index (χ1n) is 5.98. The minimum atomic E-state index is -0.0821. The van der Waals surface area contributed by atoms with E-state index in [4.69, 9.17) is 11.6 Å². The minimum Gasteiger partial charge on any atom is -0.350 e. The molecule has 1 amide bonds. The van der Waals surface area contributed by atoms with Gasteiger partial charge in [-0.3, -0.25) is 4.79 Å². The monoisotopic (exact) mass is 272 g/mol. The number of aromatic nitrogens is 1. The number of amides is 1. The summed E-state index contributed by atoms with van der Waals surface area (Å²) in [6.45, 7) is 0.673. The first-order chi connectivity index (χ1) is 8.26. The van der Waals surface area contributed by atoms with Crippen LogP contribution in [0.2, 0.25) is 0 Å². The van der Waals surface area contributed by atoms with E-state index in [0.29, 0.717) is 18.1 Å². The highest BCUT2D eigenvalue weighted by Crippen LogP contribution is 2.36. The number of nitrogens with zero attached hydrogens (tertiary/aromatic N) is 1. The van der Waals surface area contributed by atoms with Crippen LogP contribution in [0.4, 0.5) is 0 Å². The van der Waals surface area contributed by atoms with E-state index in [0.717, 1.165) is 12.8 Å². The molecule has 94 valence electrons. The molecule has 17 heavy (non-hydrogen) atoms. The van der Waals surface area contributed by atoms with Gasteiger partial charge in [-0.15, -0.1) is 22.9 Å². The molecule has 1 saturated carbocycles. The Kier molecular flexibility index (Phi) is 4.40. The molecule has 0 aliphatic heterocycles. The highest BCUT2D eigenvalue weighted by Gasteiger charge is 2.31. The van der Waals surface area contributed by atoms with Gasteiger partial charge < -0.3 is 5.32 Å². The summed E-state index contributed by atoms with van der Waals surface area (Å²) in [5.41, 5.74) is 2.29. The van der Waals surface area contributed by atoms with Crippen LogP contribution in [0.5, 0.6) is 0 Å². The summed E-state index contributed by atoms with van der Waals surface area (Å²) in [5, 5.41) is 4.73. The zero-order chi connectivity index (χ0) is 12.1. The Bertz CT molecular complexity index is 361. The Morgan fingerprint density at radius 2 is 2.24 bits per heavy atom. The molecule has 0 bridgehead atoms. The van der Waals surface area contributed by atoms with Gasteiger partial charge in [-0.1, -0.05) is 19.3 Å². The lowest BCUT2D eigenvalue weighted by Gasteiger charge is -2.35. The predicted molar refractivity (Wildman–Crippen MR) is 70.7 cm³/mol. The van der Waals surface area contributed by atoms with Crippen LogP contribution in [-0.4, -0.2) is 23.3 Å². The topological polar surface area (TPSA) is 42.0 Å². The van der Waals surface area contributed by atoms with Gasteiger partial charge in [0.05, 0.1) is 5.51 Å². The van der Waals surface area contributed by atoms with Crippen molar-refractivity contribution in [3.8, 4) is 0 Å². The number of alkyl halides is 1. The van der Waals surface area contributed by atoms with Crippen LogP contribution in [0.1, 0.15) is 42.6 Å². The fourth-order valence-corrected chi connectivity index (χ4v) is 3.24. The lowest BCUT2D eigenvalue weighted by molar-refractivity contribution is 0.0916. The van der Waals surface area contributed by atoms with Crippen LogP contribution in [-0.2, 0) is 0 Å². The second-order valence-electron chi connectivity index (χ2n) is 4.75. The van der Waals surface area contributed by atoms with Crippen LogP contribution < -0.4 is 5.32 Å². The van der Waals surface area contributed by atoms with Gasteiger partial charge in [0.2, 0.25) is 0 Å². The quantitative estimate of drug-likeness (QED) is 0.856. The SMILES string of the molecule is O=C(NCC1(CCl)CCCCC1)c1cscn1. The number of thiazole rings is 1.